The van der Waals surface area contributed by atoms with Gasteiger partial charge < -0.3 is 15.3 Å². The number of fused-ring (bicyclic) bond motifs is 1. The van der Waals surface area contributed by atoms with Crippen LogP contribution in [0.2, 0.25) is 5.02 Å². The first kappa shape index (κ1) is 20.8. The summed E-state index contributed by atoms with van der Waals surface area (Å²) in [5.74, 6) is 0.439. The fraction of sp³-hybridized carbons (Fsp3) is 0.263. The SMILES string of the molecule is O=C1Cc2cc(S(=O)(=O)Nc3ccc(N4CCSCC4)c(C(=O)O)c3)c(Cl)cc2N1. The molecule has 3 N–H and O–H groups in total. The Bertz CT molecular complexity index is 1150. The Hall–Kier alpha value is -2.43. The van der Waals surface area contributed by atoms with E-state index in [1.807, 2.05) is 16.7 Å². The summed E-state index contributed by atoms with van der Waals surface area (Å²) in [5, 5.41) is 12.2. The lowest BCUT2D eigenvalue weighted by Crippen LogP contribution is -2.33. The number of nitrogens with zero attached hydrogens (tertiary/aromatic N) is 1. The highest BCUT2D eigenvalue weighted by Crippen LogP contribution is 2.34. The number of benzene rings is 2. The third kappa shape index (κ3) is 4.07. The fourth-order valence-corrected chi connectivity index (χ4v) is 6.02. The number of thioether (sulfide) groups is 1. The summed E-state index contributed by atoms with van der Waals surface area (Å²) in [6.45, 7) is 1.46. The number of amides is 1. The third-order valence-corrected chi connectivity index (χ3v) is 7.69. The first-order chi connectivity index (χ1) is 14.2. The van der Waals surface area contributed by atoms with Crippen LogP contribution in [0, 0.1) is 0 Å². The summed E-state index contributed by atoms with van der Waals surface area (Å²) in [5.41, 5.74) is 1.73. The second-order valence-corrected chi connectivity index (χ2v) is 10.2. The maximum absolute atomic E-state index is 12.9. The summed E-state index contributed by atoms with van der Waals surface area (Å²) in [6, 6.07) is 7.22. The topological polar surface area (TPSA) is 116 Å². The summed E-state index contributed by atoms with van der Waals surface area (Å²) >= 11 is 7.95. The van der Waals surface area contributed by atoms with Gasteiger partial charge in [-0.05, 0) is 35.9 Å². The first-order valence-corrected chi connectivity index (χ1v) is 12.1. The number of carboxylic acid groups (broad SMARTS) is 1. The fourth-order valence-electron chi connectivity index (χ4n) is 3.49. The van der Waals surface area contributed by atoms with E-state index in [9.17, 15) is 23.1 Å². The molecule has 0 atom stereocenters. The molecule has 11 heteroatoms. The molecule has 0 radical (unpaired) electrons. The van der Waals surface area contributed by atoms with E-state index in [1.54, 1.807) is 6.07 Å². The Kier molecular flexibility index (Phi) is 5.56. The van der Waals surface area contributed by atoms with Crippen LogP contribution in [-0.4, -0.2) is 50.0 Å². The van der Waals surface area contributed by atoms with Gasteiger partial charge in [-0.2, -0.15) is 11.8 Å². The number of hydrogen-bond acceptors (Lipinski definition) is 6. The summed E-state index contributed by atoms with van der Waals surface area (Å²) in [7, 11) is -4.09. The largest absolute Gasteiger partial charge is 0.478 e. The second kappa shape index (κ2) is 8.01. The standard InChI is InChI=1S/C19H18ClN3O5S2/c20-14-10-15-11(8-18(24)21-15)7-17(14)30(27,28)22-12-1-2-16(13(9-12)19(25)26)23-3-5-29-6-4-23/h1-2,7,9-10,22H,3-6,8H2,(H,21,24)(H,25,26). The van der Waals surface area contributed by atoms with Crippen LogP contribution in [0.4, 0.5) is 17.1 Å². The molecule has 1 amide bonds. The molecule has 0 saturated carbocycles. The Balaban J connectivity index is 1.65. The molecule has 2 aromatic rings. The van der Waals surface area contributed by atoms with Gasteiger partial charge >= 0.3 is 5.97 Å². The highest BCUT2D eigenvalue weighted by Gasteiger charge is 2.26. The molecular weight excluding hydrogens is 450 g/mol. The highest BCUT2D eigenvalue weighted by molar-refractivity contribution is 7.99. The number of halogens is 1. The predicted molar refractivity (Wildman–Crippen MR) is 118 cm³/mol. The molecule has 4 rings (SSSR count). The van der Waals surface area contributed by atoms with Crippen molar-refractivity contribution in [3.05, 3.63) is 46.5 Å². The van der Waals surface area contributed by atoms with Crippen molar-refractivity contribution in [3.8, 4) is 0 Å². The predicted octanol–water partition coefficient (Wildman–Crippen LogP) is 2.89. The van der Waals surface area contributed by atoms with Gasteiger partial charge in [0.2, 0.25) is 5.91 Å². The van der Waals surface area contributed by atoms with Crippen LogP contribution in [0.5, 0.6) is 0 Å². The van der Waals surface area contributed by atoms with E-state index in [1.165, 1.54) is 24.3 Å². The van der Waals surface area contributed by atoms with Crippen LogP contribution in [0.15, 0.2) is 35.2 Å². The van der Waals surface area contributed by atoms with Crippen molar-refractivity contribution in [2.24, 2.45) is 0 Å². The Morgan fingerprint density at radius 2 is 1.93 bits per heavy atom. The van der Waals surface area contributed by atoms with Gasteiger partial charge in [0, 0.05) is 36.0 Å². The van der Waals surface area contributed by atoms with Gasteiger partial charge in [-0.3, -0.25) is 9.52 Å². The lowest BCUT2D eigenvalue weighted by atomic mass is 10.1. The van der Waals surface area contributed by atoms with Crippen molar-refractivity contribution in [2.45, 2.75) is 11.3 Å². The van der Waals surface area contributed by atoms with Gasteiger partial charge in [0.05, 0.1) is 22.7 Å². The van der Waals surface area contributed by atoms with Gasteiger partial charge in [0.15, 0.2) is 0 Å². The molecule has 2 aliphatic heterocycles. The zero-order chi connectivity index (χ0) is 21.5. The number of carbonyl (C=O) groups excluding carboxylic acids is 1. The molecule has 2 aliphatic rings. The minimum Gasteiger partial charge on any atom is -0.478 e. The average Bonchev–Trinajstić information content (AvgIpc) is 3.06. The average molecular weight is 468 g/mol. The van der Waals surface area contributed by atoms with Crippen molar-refractivity contribution in [2.75, 3.05) is 39.5 Å². The van der Waals surface area contributed by atoms with Crippen molar-refractivity contribution < 1.29 is 23.1 Å². The van der Waals surface area contributed by atoms with Crippen molar-refractivity contribution in [3.63, 3.8) is 0 Å². The number of carbonyl (C=O) groups is 2. The number of hydrogen-bond donors (Lipinski definition) is 3. The lowest BCUT2D eigenvalue weighted by molar-refractivity contribution is -0.115. The maximum atomic E-state index is 12.9. The minimum atomic E-state index is -4.09. The van der Waals surface area contributed by atoms with E-state index in [4.69, 9.17) is 11.6 Å². The van der Waals surface area contributed by atoms with Crippen LogP contribution >= 0.6 is 23.4 Å². The molecule has 1 fully saturated rings. The maximum Gasteiger partial charge on any atom is 0.337 e. The number of nitrogens with one attached hydrogen (secondary N) is 2. The van der Waals surface area contributed by atoms with Crippen molar-refractivity contribution in [1.82, 2.24) is 0 Å². The van der Waals surface area contributed by atoms with E-state index in [2.05, 4.69) is 10.0 Å². The van der Waals surface area contributed by atoms with Crippen LogP contribution in [-0.2, 0) is 21.2 Å². The van der Waals surface area contributed by atoms with Gasteiger partial charge in [-0.1, -0.05) is 11.6 Å². The molecule has 0 aromatic heterocycles. The molecule has 0 spiro atoms. The van der Waals surface area contributed by atoms with Gasteiger partial charge in [0.1, 0.15) is 4.90 Å². The summed E-state index contributed by atoms with van der Waals surface area (Å²) in [6.07, 6.45) is 0.0704. The molecule has 2 heterocycles. The zero-order valence-electron chi connectivity index (χ0n) is 15.6. The highest BCUT2D eigenvalue weighted by atomic mass is 35.5. The third-order valence-electron chi connectivity index (χ3n) is 4.90. The summed E-state index contributed by atoms with van der Waals surface area (Å²) < 4.78 is 28.2. The van der Waals surface area contributed by atoms with E-state index >= 15 is 0 Å². The van der Waals surface area contributed by atoms with Crippen LogP contribution in [0.25, 0.3) is 0 Å². The zero-order valence-corrected chi connectivity index (χ0v) is 18.0. The monoisotopic (exact) mass is 467 g/mol. The number of rotatable bonds is 5. The Morgan fingerprint density at radius 1 is 1.20 bits per heavy atom. The normalized spacial score (nSPS) is 16.2. The van der Waals surface area contributed by atoms with Crippen LogP contribution in [0.1, 0.15) is 15.9 Å². The Morgan fingerprint density at radius 3 is 2.63 bits per heavy atom. The number of sulfonamides is 1. The number of carboxylic acids is 1. The molecule has 158 valence electrons. The number of anilines is 3. The van der Waals surface area contributed by atoms with E-state index in [-0.39, 0.29) is 33.5 Å². The van der Waals surface area contributed by atoms with Crippen LogP contribution < -0.4 is 14.9 Å². The molecule has 0 unspecified atom stereocenters. The molecule has 2 aromatic carbocycles. The number of aromatic carboxylic acids is 1. The minimum absolute atomic E-state index is 0.0250. The van der Waals surface area contributed by atoms with E-state index in [0.717, 1.165) is 24.6 Å². The second-order valence-electron chi connectivity index (χ2n) is 6.91. The molecule has 8 nitrogen and oxygen atoms in total. The molecule has 0 bridgehead atoms. The first-order valence-electron chi connectivity index (χ1n) is 9.10. The van der Waals surface area contributed by atoms with E-state index < -0.39 is 16.0 Å². The quantitative estimate of drug-likeness (QED) is 0.619. The van der Waals surface area contributed by atoms with Crippen molar-refractivity contribution in [1.29, 1.82) is 0 Å². The van der Waals surface area contributed by atoms with Gasteiger partial charge in [-0.15, -0.1) is 0 Å². The molecule has 30 heavy (non-hydrogen) atoms. The Labute approximate surface area is 182 Å². The van der Waals surface area contributed by atoms with E-state index in [0.29, 0.717) is 16.9 Å². The molecule has 1 saturated heterocycles. The smallest absolute Gasteiger partial charge is 0.337 e. The molecule has 0 aliphatic carbocycles. The van der Waals surface area contributed by atoms with Gasteiger partial charge in [0.25, 0.3) is 10.0 Å². The lowest BCUT2D eigenvalue weighted by Gasteiger charge is -2.29. The molecular formula is C19H18ClN3O5S2. The van der Waals surface area contributed by atoms with Crippen molar-refractivity contribution >= 4 is 62.3 Å². The summed E-state index contributed by atoms with van der Waals surface area (Å²) in [4.78, 5) is 25.2. The van der Waals surface area contributed by atoms with Gasteiger partial charge in [-0.25, -0.2) is 13.2 Å². The van der Waals surface area contributed by atoms with Crippen LogP contribution in [0.3, 0.4) is 0 Å².